The summed E-state index contributed by atoms with van der Waals surface area (Å²) in [5.41, 5.74) is 0.920. The molecule has 0 saturated carbocycles. The van der Waals surface area contributed by atoms with E-state index < -0.39 is 10.0 Å². The molecule has 1 aromatic carbocycles. The molecule has 9 heteroatoms. The number of para-hydroxylation sites is 1. The SMILES string of the molecule is COCCOc1c(Cl)cccc1NS(=O)(=O)c1c(C)nn(C(C)(C)C)c1C. The van der Waals surface area contributed by atoms with Crippen molar-refractivity contribution in [3.05, 3.63) is 34.6 Å². The first kappa shape index (κ1) is 21.5. The van der Waals surface area contributed by atoms with Crippen molar-refractivity contribution in [2.24, 2.45) is 0 Å². The van der Waals surface area contributed by atoms with Crippen molar-refractivity contribution in [1.29, 1.82) is 0 Å². The van der Waals surface area contributed by atoms with Crippen molar-refractivity contribution in [3.8, 4) is 5.75 Å². The number of ether oxygens (including phenoxy) is 2. The molecule has 0 aliphatic rings. The van der Waals surface area contributed by atoms with E-state index in [9.17, 15) is 8.42 Å². The van der Waals surface area contributed by atoms with Crippen LogP contribution in [0.5, 0.6) is 5.75 Å². The Hall–Kier alpha value is -1.77. The van der Waals surface area contributed by atoms with Gasteiger partial charge in [-0.25, -0.2) is 8.42 Å². The summed E-state index contributed by atoms with van der Waals surface area (Å²) < 4.78 is 41.0. The maximum atomic E-state index is 13.1. The minimum absolute atomic E-state index is 0.153. The zero-order chi connectivity index (χ0) is 20.4. The number of aryl methyl sites for hydroxylation is 1. The van der Waals surface area contributed by atoms with Gasteiger partial charge in [0.15, 0.2) is 5.75 Å². The third-order valence-electron chi connectivity index (χ3n) is 3.87. The van der Waals surface area contributed by atoms with Gasteiger partial charge in [-0.15, -0.1) is 0 Å². The minimum atomic E-state index is -3.89. The Labute approximate surface area is 165 Å². The second-order valence-electron chi connectivity index (χ2n) is 7.15. The summed E-state index contributed by atoms with van der Waals surface area (Å²) in [7, 11) is -2.33. The molecule has 1 aromatic heterocycles. The average Bonchev–Trinajstić information content (AvgIpc) is 2.85. The van der Waals surface area contributed by atoms with Gasteiger partial charge < -0.3 is 9.47 Å². The monoisotopic (exact) mass is 415 g/mol. The zero-order valence-corrected chi connectivity index (χ0v) is 18.0. The van der Waals surface area contributed by atoms with Crippen molar-refractivity contribution in [3.63, 3.8) is 0 Å². The summed E-state index contributed by atoms with van der Waals surface area (Å²) in [5.74, 6) is 0.262. The molecule has 2 rings (SSSR count). The maximum absolute atomic E-state index is 13.1. The lowest BCUT2D eigenvalue weighted by atomic mass is 10.1. The van der Waals surface area contributed by atoms with Crippen molar-refractivity contribution in [2.45, 2.75) is 45.1 Å². The van der Waals surface area contributed by atoms with Crippen LogP contribution in [0.15, 0.2) is 23.1 Å². The van der Waals surface area contributed by atoms with Crippen LogP contribution in [0.4, 0.5) is 5.69 Å². The second kappa shape index (κ2) is 8.08. The molecule has 2 aromatic rings. The lowest BCUT2D eigenvalue weighted by Crippen LogP contribution is -2.25. The smallest absolute Gasteiger partial charge is 0.265 e. The van der Waals surface area contributed by atoms with Gasteiger partial charge in [0.2, 0.25) is 0 Å². The average molecular weight is 416 g/mol. The van der Waals surface area contributed by atoms with Crippen LogP contribution >= 0.6 is 11.6 Å². The highest BCUT2D eigenvalue weighted by atomic mass is 35.5. The van der Waals surface area contributed by atoms with Crippen LogP contribution in [0.1, 0.15) is 32.2 Å². The predicted octanol–water partition coefficient (Wildman–Crippen LogP) is 3.73. The number of methoxy groups -OCH3 is 1. The standard InChI is InChI=1S/C18H26ClN3O4S/c1-12-17(13(2)22(20-12)18(3,4)5)27(23,24)21-15-9-7-8-14(19)16(15)26-11-10-25-6/h7-9,21H,10-11H2,1-6H3. The lowest BCUT2D eigenvalue weighted by molar-refractivity contribution is 0.147. The molecule has 0 radical (unpaired) electrons. The van der Waals surface area contributed by atoms with Crippen LogP contribution in [0.2, 0.25) is 5.02 Å². The van der Waals surface area contributed by atoms with Crippen molar-refractivity contribution >= 4 is 27.3 Å². The number of aromatic nitrogens is 2. The van der Waals surface area contributed by atoms with E-state index in [1.165, 1.54) is 0 Å². The molecule has 0 fully saturated rings. The Morgan fingerprint density at radius 3 is 2.44 bits per heavy atom. The number of benzene rings is 1. The van der Waals surface area contributed by atoms with E-state index in [2.05, 4.69) is 9.82 Å². The molecule has 0 spiro atoms. The van der Waals surface area contributed by atoms with Crippen molar-refractivity contribution in [1.82, 2.24) is 9.78 Å². The highest BCUT2D eigenvalue weighted by Gasteiger charge is 2.29. The van der Waals surface area contributed by atoms with Gasteiger partial charge in [-0.2, -0.15) is 5.10 Å². The van der Waals surface area contributed by atoms with Gasteiger partial charge in [-0.05, 0) is 46.8 Å². The third kappa shape index (κ3) is 4.75. The van der Waals surface area contributed by atoms with Crippen LogP contribution < -0.4 is 9.46 Å². The Bertz CT molecular complexity index is 917. The Morgan fingerprint density at radius 1 is 1.22 bits per heavy atom. The first-order chi connectivity index (χ1) is 12.5. The number of anilines is 1. The molecule has 27 heavy (non-hydrogen) atoms. The van der Waals surface area contributed by atoms with Gasteiger partial charge >= 0.3 is 0 Å². The van der Waals surface area contributed by atoms with Crippen LogP contribution in [-0.4, -0.2) is 38.5 Å². The third-order valence-corrected chi connectivity index (χ3v) is 5.79. The first-order valence-electron chi connectivity index (χ1n) is 8.49. The molecule has 0 amide bonds. The quantitative estimate of drug-likeness (QED) is 0.696. The number of nitrogens with zero attached hydrogens (tertiary/aromatic N) is 2. The predicted molar refractivity (Wildman–Crippen MR) is 106 cm³/mol. The van der Waals surface area contributed by atoms with Crippen LogP contribution in [0.25, 0.3) is 0 Å². The zero-order valence-electron chi connectivity index (χ0n) is 16.5. The highest BCUT2D eigenvalue weighted by molar-refractivity contribution is 7.92. The van der Waals surface area contributed by atoms with Crippen molar-refractivity contribution in [2.75, 3.05) is 25.0 Å². The van der Waals surface area contributed by atoms with Crippen LogP contribution in [0.3, 0.4) is 0 Å². The van der Waals surface area contributed by atoms with E-state index in [0.29, 0.717) is 23.0 Å². The molecule has 7 nitrogen and oxygen atoms in total. The number of hydrogen-bond acceptors (Lipinski definition) is 5. The molecule has 0 saturated heterocycles. The van der Waals surface area contributed by atoms with Gasteiger partial charge in [0.25, 0.3) is 10.0 Å². The first-order valence-corrected chi connectivity index (χ1v) is 10.3. The normalized spacial score (nSPS) is 12.3. The lowest BCUT2D eigenvalue weighted by Gasteiger charge is -2.21. The Balaban J connectivity index is 2.44. The van der Waals surface area contributed by atoms with Gasteiger partial charge in [0.1, 0.15) is 11.5 Å². The number of hydrogen-bond donors (Lipinski definition) is 1. The summed E-state index contributed by atoms with van der Waals surface area (Å²) in [5, 5.41) is 4.72. The Kier molecular flexibility index (Phi) is 6.44. The van der Waals surface area contributed by atoms with E-state index in [4.69, 9.17) is 21.1 Å². The molecule has 1 heterocycles. The van der Waals surface area contributed by atoms with E-state index in [1.807, 2.05) is 20.8 Å². The summed E-state index contributed by atoms with van der Waals surface area (Å²) in [4.78, 5) is 0.153. The van der Waals surface area contributed by atoms with Gasteiger partial charge in [-0.3, -0.25) is 9.40 Å². The second-order valence-corrected chi connectivity index (χ2v) is 9.17. The van der Waals surface area contributed by atoms with Gasteiger partial charge in [-0.1, -0.05) is 17.7 Å². The highest BCUT2D eigenvalue weighted by Crippen LogP contribution is 2.35. The van der Waals surface area contributed by atoms with Crippen LogP contribution in [-0.2, 0) is 20.3 Å². The van der Waals surface area contributed by atoms with E-state index in [1.54, 1.807) is 43.8 Å². The molecule has 150 valence electrons. The fraction of sp³-hybridized carbons (Fsp3) is 0.500. The van der Waals surface area contributed by atoms with Gasteiger partial charge in [0, 0.05) is 7.11 Å². The summed E-state index contributed by atoms with van der Waals surface area (Å²) in [6.07, 6.45) is 0. The van der Waals surface area contributed by atoms with E-state index in [0.717, 1.165) is 0 Å². The van der Waals surface area contributed by atoms with Gasteiger partial charge in [0.05, 0.1) is 34.2 Å². The summed E-state index contributed by atoms with van der Waals surface area (Å²) >= 11 is 6.19. The number of sulfonamides is 1. The van der Waals surface area contributed by atoms with E-state index >= 15 is 0 Å². The molecule has 0 bridgehead atoms. The minimum Gasteiger partial charge on any atom is -0.487 e. The molecule has 0 aliphatic carbocycles. The molecule has 0 atom stereocenters. The summed E-state index contributed by atoms with van der Waals surface area (Å²) in [6, 6.07) is 4.89. The topological polar surface area (TPSA) is 82.4 Å². The molecule has 0 aliphatic heterocycles. The Morgan fingerprint density at radius 2 is 1.89 bits per heavy atom. The molecular formula is C18H26ClN3O4S. The fourth-order valence-electron chi connectivity index (χ4n) is 2.83. The van der Waals surface area contributed by atoms with E-state index in [-0.39, 0.29) is 28.5 Å². The molecule has 1 N–H and O–H groups in total. The molecular weight excluding hydrogens is 390 g/mol. The van der Waals surface area contributed by atoms with Crippen molar-refractivity contribution < 1.29 is 17.9 Å². The number of nitrogens with one attached hydrogen (secondary N) is 1. The molecule has 0 unspecified atom stereocenters. The largest absolute Gasteiger partial charge is 0.487 e. The number of halogens is 1. The van der Waals surface area contributed by atoms with Crippen LogP contribution in [0, 0.1) is 13.8 Å². The summed E-state index contributed by atoms with van der Waals surface area (Å²) in [6.45, 7) is 9.92. The maximum Gasteiger partial charge on any atom is 0.265 e. The number of rotatable bonds is 7. The fourth-order valence-corrected chi connectivity index (χ4v) is 4.52.